The van der Waals surface area contributed by atoms with Gasteiger partial charge in [-0.1, -0.05) is 61.8 Å². The molecule has 2 heterocycles. The summed E-state index contributed by atoms with van der Waals surface area (Å²) in [5, 5.41) is 11.2. The number of carbonyl (C=O) groups is 1. The van der Waals surface area contributed by atoms with E-state index in [0.717, 1.165) is 11.1 Å². The molecule has 4 aromatic rings. The molecule has 0 aliphatic heterocycles. The van der Waals surface area contributed by atoms with E-state index in [2.05, 4.69) is 15.5 Å². The van der Waals surface area contributed by atoms with Gasteiger partial charge in [-0.05, 0) is 23.3 Å². The number of amides is 1. The van der Waals surface area contributed by atoms with Crippen LogP contribution < -0.4 is 5.32 Å². The van der Waals surface area contributed by atoms with Crippen LogP contribution in [0.25, 0.3) is 0 Å². The zero-order chi connectivity index (χ0) is 22.9. The molecular weight excluding hydrogens is 429 g/mol. The molecule has 0 unspecified atom stereocenters. The smallest absolute Gasteiger partial charge is 0.254 e. The highest BCUT2D eigenvalue weighted by Gasteiger charge is 2.11. The van der Waals surface area contributed by atoms with Crippen molar-refractivity contribution in [2.24, 2.45) is 0 Å². The van der Waals surface area contributed by atoms with Crippen molar-refractivity contribution in [3.8, 4) is 0 Å². The van der Waals surface area contributed by atoms with E-state index in [1.807, 2.05) is 55.1 Å². The highest BCUT2D eigenvalue weighted by molar-refractivity contribution is 6.30. The number of carbonyl (C=O) groups excluding carboxylic acids is 1. The van der Waals surface area contributed by atoms with Gasteiger partial charge < -0.3 is 5.32 Å². The summed E-state index contributed by atoms with van der Waals surface area (Å²) in [4.78, 5) is 12.3. The molecule has 0 fully saturated rings. The Morgan fingerprint density at radius 1 is 1.00 bits per heavy atom. The minimum absolute atomic E-state index is 0.0326. The van der Waals surface area contributed by atoms with E-state index in [1.54, 1.807) is 29.2 Å². The number of nitrogens with one attached hydrogen (secondary N) is 1. The maximum absolute atomic E-state index is 13.9. The average molecular weight is 454 g/mol. The maximum atomic E-state index is 13.9. The molecule has 6 nitrogen and oxygen atoms in total. The molecule has 0 bridgehead atoms. The highest BCUT2D eigenvalue weighted by Crippen LogP contribution is 2.17. The predicted molar refractivity (Wildman–Crippen MR) is 123 cm³/mol. The van der Waals surface area contributed by atoms with Gasteiger partial charge in [0.2, 0.25) is 0 Å². The van der Waals surface area contributed by atoms with Crippen molar-refractivity contribution >= 4 is 17.5 Å². The summed E-state index contributed by atoms with van der Waals surface area (Å²) in [6.45, 7) is 5.30. The van der Waals surface area contributed by atoms with Crippen molar-refractivity contribution < 1.29 is 9.18 Å². The Kier molecular flexibility index (Phi) is 8.16. The molecule has 0 spiro atoms. The zero-order valence-corrected chi connectivity index (χ0v) is 18.8. The van der Waals surface area contributed by atoms with E-state index in [4.69, 9.17) is 11.6 Å². The summed E-state index contributed by atoms with van der Waals surface area (Å²) in [6, 6.07) is 14.7. The van der Waals surface area contributed by atoms with Crippen molar-refractivity contribution in [2.75, 3.05) is 0 Å². The van der Waals surface area contributed by atoms with E-state index >= 15 is 0 Å². The maximum Gasteiger partial charge on any atom is 0.254 e. The van der Waals surface area contributed by atoms with Crippen molar-refractivity contribution in [1.82, 2.24) is 24.9 Å². The number of benzene rings is 2. The normalized spacial score (nSPS) is 10.4. The van der Waals surface area contributed by atoms with Crippen LogP contribution in [-0.2, 0) is 19.6 Å². The molecule has 166 valence electrons. The molecule has 32 heavy (non-hydrogen) atoms. The van der Waals surface area contributed by atoms with Gasteiger partial charge in [0, 0.05) is 30.7 Å². The third-order valence-corrected chi connectivity index (χ3v) is 4.93. The van der Waals surface area contributed by atoms with Gasteiger partial charge in [-0.3, -0.25) is 14.2 Å². The summed E-state index contributed by atoms with van der Waals surface area (Å²) in [5.74, 6) is -0.846. The largest absolute Gasteiger partial charge is 0.348 e. The molecule has 0 saturated heterocycles. The third-order valence-electron chi connectivity index (χ3n) is 4.64. The molecule has 2 aromatic heterocycles. The van der Waals surface area contributed by atoms with Crippen LogP contribution >= 0.6 is 11.6 Å². The lowest BCUT2D eigenvalue weighted by Gasteiger charge is -2.06. The Hall–Kier alpha value is -3.45. The number of hydrogen-bond donors (Lipinski definition) is 1. The van der Waals surface area contributed by atoms with Crippen LogP contribution in [0.5, 0.6) is 0 Å². The molecule has 1 N–H and O–H groups in total. The molecule has 0 aliphatic carbocycles. The fraction of sp³-hybridized carbons (Fsp3) is 0.208. The van der Waals surface area contributed by atoms with Gasteiger partial charge >= 0.3 is 0 Å². The van der Waals surface area contributed by atoms with Gasteiger partial charge in [0.1, 0.15) is 5.82 Å². The van der Waals surface area contributed by atoms with Crippen molar-refractivity contribution in [1.29, 1.82) is 0 Å². The zero-order valence-electron chi connectivity index (χ0n) is 18.0. The van der Waals surface area contributed by atoms with Gasteiger partial charge in [0.25, 0.3) is 5.91 Å². The minimum Gasteiger partial charge on any atom is -0.348 e. The summed E-state index contributed by atoms with van der Waals surface area (Å²) in [7, 11) is 0. The van der Waals surface area contributed by atoms with Gasteiger partial charge in [-0.2, -0.15) is 10.2 Å². The number of rotatable bonds is 7. The van der Waals surface area contributed by atoms with E-state index in [0.29, 0.717) is 24.2 Å². The first-order valence-corrected chi connectivity index (χ1v) is 10.7. The van der Waals surface area contributed by atoms with E-state index in [9.17, 15) is 9.18 Å². The minimum atomic E-state index is -0.522. The summed E-state index contributed by atoms with van der Waals surface area (Å²) < 4.78 is 17.5. The molecule has 4 rings (SSSR count). The summed E-state index contributed by atoms with van der Waals surface area (Å²) in [5.41, 5.74) is 2.96. The van der Waals surface area contributed by atoms with Gasteiger partial charge in [0.15, 0.2) is 0 Å². The molecule has 0 aliphatic rings. The first kappa shape index (κ1) is 23.2. The Labute approximate surface area is 191 Å². The Bertz CT molecular complexity index is 1140. The van der Waals surface area contributed by atoms with Crippen LogP contribution in [0.1, 0.15) is 40.9 Å². The van der Waals surface area contributed by atoms with Gasteiger partial charge in [-0.25, -0.2) is 4.39 Å². The van der Waals surface area contributed by atoms with Crippen molar-refractivity contribution in [2.45, 2.75) is 33.5 Å². The van der Waals surface area contributed by atoms with Crippen LogP contribution in [0.15, 0.2) is 73.3 Å². The van der Waals surface area contributed by atoms with E-state index in [1.165, 1.54) is 12.3 Å². The second-order valence-corrected chi connectivity index (χ2v) is 7.25. The van der Waals surface area contributed by atoms with Gasteiger partial charge in [-0.15, -0.1) is 0 Å². The topological polar surface area (TPSA) is 64.7 Å². The Morgan fingerprint density at radius 2 is 1.69 bits per heavy atom. The molecule has 1 amide bonds. The number of halogens is 2. The SMILES string of the molecule is CC.O=C(NCc1cccc(Cl)c1F)c1cnn(Cc2ccc(Cn3cccn3)cc2)c1. The predicted octanol–water partition coefficient (Wildman–Crippen LogP) is 4.92. The van der Waals surface area contributed by atoms with E-state index < -0.39 is 5.82 Å². The first-order chi connectivity index (χ1) is 15.6. The van der Waals surface area contributed by atoms with Crippen LogP contribution in [0.4, 0.5) is 4.39 Å². The van der Waals surface area contributed by atoms with E-state index in [-0.39, 0.29) is 17.5 Å². The summed E-state index contributed by atoms with van der Waals surface area (Å²) in [6.07, 6.45) is 6.84. The molecule has 0 radical (unpaired) electrons. The van der Waals surface area contributed by atoms with Crippen LogP contribution in [0.3, 0.4) is 0 Å². The Balaban J connectivity index is 0.00000141. The molecular formula is C24H25ClFN5O. The lowest BCUT2D eigenvalue weighted by Crippen LogP contribution is -2.23. The second kappa shape index (κ2) is 11.2. The van der Waals surface area contributed by atoms with Crippen molar-refractivity contribution in [3.63, 3.8) is 0 Å². The van der Waals surface area contributed by atoms with Gasteiger partial charge in [0.05, 0.1) is 29.9 Å². The molecule has 0 atom stereocenters. The molecule has 2 aromatic carbocycles. The third kappa shape index (κ3) is 6.04. The number of hydrogen-bond acceptors (Lipinski definition) is 3. The molecule has 0 saturated carbocycles. The average Bonchev–Trinajstić information content (AvgIpc) is 3.50. The lowest BCUT2D eigenvalue weighted by atomic mass is 10.1. The first-order valence-electron chi connectivity index (χ1n) is 10.4. The fourth-order valence-corrected chi connectivity index (χ4v) is 3.24. The second-order valence-electron chi connectivity index (χ2n) is 6.84. The number of aromatic nitrogens is 4. The monoisotopic (exact) mass is 453 g/mol. The standard InChI is InChI=1S/C22H19ClFN5O.C2H6/c23-20-4-1-3-18(21(20)24)11-25-22(30)19-12-27-29(15-19)14-17-7-5-16(6-8-17)13-28-10-2-9-26-28;1-2/h1-10,12,15H,11,13-14H2,(H,25,30);1-2H3. The van der Waals surface area contributed by atoms with Crippen LogP contribution in [0.2, 0.25) is 5.02 Å². The summed E-state index contributed by atoms with van der Waals surface area (Å²) >= 11 is 5.77. The van der Waals surface area contributed by atoms with Crippen LogP contribution in [0, 0.1) is 5.82 Å². The number of nitrogens with zero attached hydrogens (tertiary/aromatic N) is 4. The highest BCUT2D eigenvalue weighted by atomic mass is 35.5. The van der Waals surface area contributed by atoms with Crippen molar-refractivity contribution in [3.05, 3.63) is 106 Å². The lowest BCUT2D eigenvalue weighted by molar-refractivity contribution is 0.0950. The Morgan fingerprint density at radius 3 is 2.34 bits per heavy atom. The molecule has 8 heteroatoms. The fourth-order valence-electron chi connectivity index (χ4n) is 3.05. The van der Waals surface area contributed by atoms with Crippen LogP contribution in [-0.4, -0.2) is 25.5 Å². The quantitative estimate of drug-likeness (QED) is 0.431.